The van der Waals surface area contributed by atoms with E-state index < -0.39 is 0 Å². The molecule has 2 nitrogen and oxygen atoms in total. The fourth-order valence-electron chi connectivity index (χ4n) is 0. The molecule has 0 aliphatic carbocycles. The third kappa shape index (κ3) is 110. The van der Waals surface area contributed by atoms with Crippen molar-refractivity contribution < 1.29 is 4.84 Å². The maximum absolute atomic E-state index is 4.35. The highest BCUT2D eigenvalue weighted by atomic mass is 35.5. The molecule has 0 atom stereocenters. The Morgan fingerprint density at radius 1 is 1.17 bits per heavy atom. The van der Waals surface area contributed by atoms with E-state index in [0.717, 1.165) is 0 Å². The van der Waals surface area contributed by atoms with Gasteiger partial charge in [0.15, 0.2) is 0 Å². The molecular weight excluding hydrogens is 148 g/mol. The third-order valence-electron chi connectivity index (χ3n) is 0. The molecule has 0 unspecified atom stereocenters. The first-order chi connectivity index (χ1) is 1.41. The summed E-state index contributed by atoms with van der Waals surface area (Å²) < 4.78 is 0. The summed E-state index contributed by atoms with van der Waals surface area (Å²) in [5, 5.41) is 0. The maximum Gasteiger partial charge on any atom is 0.0569 e. The van der Waals surface area contributed by atoms with E-state index in [9.17, 15) is 0 Å². The lowest BCUT2D eigenvalue weighted by molar-refractivity contribution is 0.206. The van der Waals surface area contributed by atoms with E-state index in [1.54, 1.807) is 0 Å². The van der Waals surface area contributed by atoms with E-state index in [-0.39, 0.29) is 37.2 Å². The number of rotatable bonds is 0. The molecule has 0 fully saturated rings. The van der Waals surface area contributed by atoms with Gasteiger partial charge in [0, 0.05) is 0 Å². The van der Waals surface area contributed by atoms with Crippen molar-refractivity contribution in [3.8, 4) is 0 Å². The normalized spacial score (nSPS) is 3.00. The Morgan fingerprint density at radius 3 is 1.17 bits per heavy atom. The van der Waals surface area contributed by atoms with Gasteiger partial charge in [-0.25, -0.2) is 5.90 Å². The lowest BCUT2D eigenvalue weighted by Crippen LogP contribution is -1.86. The van der Waals surface area contributed by atoms with Crippen molar-refractivity contribution in [2.24, 2.45) is 5.90 Å². The molecule has 0 aliphatic rings. The van der Waals surface area contributed by atoms with Crippen molar-refractivity contribution >= 4 is 37.2 Å². The van der Waals surface area contributed by atoms with E-state index in [1.165, 1.54) is 7.11 Å². The first kappa shape index (κ1) is 29.2. The second-order valence-corrected chi connectivity index (χ2v) is 0.236. The molecule has 0 rings (SSSR count). The minimum atomic E-state index is 0. The smallest absolute Gasteiger partial charge is 0.0569 e. The second kappa shape index (κ2) is 41.5. The van der Waals surface area contributed by atoms with Gasteiger partial charge in [0.1, 0.15) is 0 Å². The van der Waals surface area contributed by atoms with Gasteiger partial charge < -0.3 is 4.84 Å². The summed E-state index contributed by atoms with van der Waals surface area (Å²) in [4.78, 5) is 3.75. The van der Waals surface area contributed by atoms with E-state index in [4.69, 9.17) is 0 Å². The summed E-state index contributed by atoms with van der Waals surface area (Å²) in [5.74, 6) is 4.35. The molecule has 0 heterocycles. The average Bonchev–Trinajstić information content (AvgIpc) is 0.918. The Hall–Kier alpha value is 0.790. The molecule has 0 aromatic carbocycles. The van der Waals surface area contributed by atoms with Crippen LogP contribution in [-0.2, 0) is 4.84 Å². The number of halogens is 3. The summed E-state index contributed by atoms with van der Waals surface area (Å²) >= 11 is 0. The molecule has 0 aromatic heterocycles. The maximum atomic E-state index is 4.35. The highest BCUT2D eigenvalue weighted by Crippen LogP contribution is 1.14. The van der Waals surface area contributed by atoms with E-state index in [1.807, 2.05) is 0 Å². The molecular formula is CH8Cl3NO. The van der Waals surface area contributed by atoms with Crippen LogP contribution in [0.2, 0.25) is 0 Å². The number of nitrogens with two attached hydrogens (primary N) is 1. The molecule has 6 heavy (non-hydrogen) atoms. The standard InChI is InChI=1S/CH5NO.3ClH/c1-3-2;;;/h2H2,1H3;3*1H. The van der Waals surface area contributed by atoms with Gasteiger partial charge in [0.2, 0.25) is 0 Å². The van der Waals surface area contributed by atoms with E-state index in [2.05, 4.69) is 10.7 Å². The first-order valence-electron chi connectivity index (χ1n) is 0.644. The first-order valence-corrected chi connectivity index (χ1v) is 0.644. The van der Waals surface area contributed by atoms with Gasteiger partial charge in [-0.3, -0.25) is 0 Å². The van der Waals surface area contributed by atoms with Gasteiger partial charge in [0.05, 0.1) is 7.11 Å². The topological polar surface area (TPSA) is 35.2 Å². The average molecular weight is 156 g/mol. The molecule has 5 heteroatoms. The second-order valence-electron chi connectivity index (χ2n) is 0.236. The van der Waals surface area contributed by atoms with Crippen LogP contribution >= 0.6 is 37.2 Å². The van der Waals surface area contributed by atoms with Crippen LogP contribution in [0.5, 0.6) is 0 Å². The van der Waals surface area contributed by atoms with E-state index in [0.29, 0.717) is 0 Å². The quantitative estimate of drug-likeness (QED) is 0.526. The highest BCUT2D eigenvalue weighted by Gasteiger charge is 1.23. The Kier molecular flexibility index (Phi) is 202. The van der Waals surface area contributed by atoms with Crippen LogP contribution in [-0.4, -0.2) is 7.11 Å². The molecule has 0 saturated heterocycles. The SMILES string of the molecule is CON.Cl.Cl.Cl. The molecule has 2 N–H and O–H groups in total. The molecule has 0 aliphatic heterocycles. The minimum absolute atomic E-state index is 0. The van der Waals surface area contributed by atoms with Crippen LogP contribution in [0.15, 0.2) is 0 Å². The van der Waals surface area contributed by atoms with Crippen molar-refractivity contribution in [3.63, 3.8) is 0 Å². The monoisotopic (exact) mass is 155 g/mol. The molecule has 0 radical (unpaired) electrons. The fourth-order valence-corrected chi connectivity index (χ4v) is 0. The Bertz CT molecular complexity index is 10.8. The van der Waals surface area contributed by atoms with Gasteiger partial charge in [-0.15, -0.1) is 37.2 Å². The zero-order valence-corrected chi connectivity index (χ0v) is 5.66. The van der Waals surface area contributed by atoms with Crippen molar-refractivity contribution in [1.29, 1.82) is 0 Å². The molecule has 0 spiro atoms. The summed E-state index contributed by atoms with van der Waals surface area (Å²) in [6.07, 6.45) is 0. The van der Waals surface area contributed by atoms with Crippen LogP contribution in [0.1, 0.15) is 0 Å². The minimum Gasteiger partial charge on any atom is -0.308 e. The lowest BCUT2D eigenvalue weighted by Gasteiger charge is -1.62. The Labute approximate surface area is 55.6 Å². The largest absolute Gasteiger partial charge is 0.308 e. The van der Waals surface area contributed by atoms with Gasteiger partial charge in [-0.2, -0.15) is 0 Å². The van der Waals surface area contributed by atoms with Crippen molar-refractivity contribution in [3.05, 3.63) is 0 Å². The molecule has 0 saturated carbocycles. The van der Waals surface area contributed by atoms with Gasteiger partial charge in [0.25, 0.3) is 0 Å². The fraction of sp³-hybridized carbons (Fsp3) is 1.00. The zero-order valence-electron chi connectivity index (χ0n) is 3.21. The van der Waals surface area contributed by atoms with Crippen molar-refractivity contribution in [2.45, 2.75) is 0 Å². The molecule has 0 amide bonds. The van der Waals surface area contributed by atoms with Gasteiger partial charge in [-0.1, -0.05) is 0 Å². The third-order valence-corrected chi connectivity index (χ3v) is 0. The Morgan fingerprint density at radius 2 is 1.17 bits per heavy atom. The van der Waals surface area contributed by atoms with Crippen LogP contribution < -0.4 is 5.90 Å². The summed E-state index contributed by atoms with van der Waals surface area (Å²) in [5.41, 5.74) is 0. The predicted octanol–water partition coefficient (Wildman–Crippen LogP) is 0.772. The lowest BCUT2D eigenvalue weighted by atomic mass is 11.7. The van der Waals surface area contributed by atoms with Crippen LogP contribution in [0.3, 0.4) is 0 Å². The van der Waals surface area contributed by atoms with Crippen molar-refractivity contribution in [1.82, 2.24) is 0 Å². The molecule has 0 aromatic rings. The number of hydrogen-bond acceptors (Lipinski definition) is 2. The number of hydrogen-bond donors (Lipinski definition) is 1. The van der Waals surface area contributed by atoms with Gasteiger partial charge >= 0.3 is 0 Å². The predicted molar refractivity (Wildman–Crippen MR) is 32.9 cm³/mol. The van der Waals surface area contributed by atoms with Crippen LogP contribution in [0.4, 0.5) is 0 Å². The zero-order chi connectivity index (χ0) is 2.71. The van der Waals surface area contributed by atoms with E-state index >= 15 is 0 Å². The summed E-state index contributed by atoms with van der Waals surface area (Å²) in [6.45, 7) is 0. The van der Waals surface area contributed by atoms with Crippen LogP contribution in [0, 0.1) is 0 Å². The molecule has 0 bridgehead atoms. The Balaban J connectivity index is -0.00000000667. The summed E-state index contributed by atoms with van der Waals surface area (Å²) in [6, 6.07) is 0. The van der Waals surface area contributed by atoms with Gasteiger partial charge in [-0.05, 0) is 0 Å². The highest BCUT2D eigenvalue weighted by molar-refractivity contribution is 5.86. The van der Waals surface area contributed by atoms with Crippen LogP contribution in [0.25, 0.3) is 0 Å². The summed E-state index contributed by atoms with van der Waals surface area (Å²) in [7, 11) is 1.40. The van der Waals surface area contributed by atoms with Crippen molar-refractivity contribution in [2.75, 3.05) is 7.11 Å². The molecule has 44 valence electrons.